The van der Waals surface area contributed by atoms with Crippen LogP contribution in [0.15, 0.2) is 114 Å². The molecule has 33 heavy (non-hydrogen) atoms. The zero-order chi connectivity index (χ0) is 21.9. The second-order valence-corrected chi connectivity index (χ2v) is 8.75. The van der Waals surface area contributed by atoms with Crippen molar-refractivity contribution in [2.75, 3.05) is 0 Å². The first-order chi connectivity index (χ1) is 16.3. The van der Waals surface area contributed by atoms with E-state index >= 15 is 0 Å². The molecule has 0 atom stereocenters. The number of nitrogens with zero attached hydrogens (tertiary/aromatic N) is 1. The first-order valence-electron chi connectivity index (χ1n) is 11.0. The third-order valence-electron chi connectivity index (χ3n) is 6.46. The van der Waals surface area contributed by atoms with E-state index in [1.165, 1.54) is 27.4 Å². The van der Waals surface area contributed by atoms with Gasteiger partial charge >= 0.3 is 0 Å². The van der Waals surface area contributed by atoms with Crippen LogP contribution in [0.5, 0.6) is 0 Å². The van der Waals surface area contributed by atoms with Gasteiger partial charge in [0.05, 0.1) is 11.0 Å². The van der Waals surface area contributed by atoms with Gasteiger partial charge in [-0.3, -0.25) is 0 Å². The molecule has 7 rings (SSSR count). The molecule has 3 heteroatoms. The van der Waals surface area contributed by atoms with Crippen molar-refractivity contribution in [3.63, 3.8) is 0 Å². The number of fused-ring (bicyclic) bond motifs is 6. The Kier molecular flexibility index (Phi) is 3.93. The van der Waals surface area contributed by atoms with Crippen LogP contribution < -0.4 is 0 Å². The fourth-order valence-corrected chi connectivity index (χ4v) is 5.27. The molecule has 0 unspecified atom stereocenters. The predicted octanol–water partition coefficient (Wildman–Crippen LogP) is 9.00. The van der Waals surface area contributed by atoms with Crippen molar-refractivity contribution in [3.8, 4) is 16.8 Å². The molecule has 0 saturated carbocycles. The Balaban J connectivity index is 1.67. The van der Waals surface area contributed by atoms with Crippen molar-refractivity contribution in [2.45, 2.75) is 0 Å². The van der Waals surface area contributed by atoms with Crippen LogP contribution in [0.3, 0.4) is 0 Å². The number of para-hydroxylation sites is 3. The van der Waals surface area contributed by atoms with Crippen molar-refractivity contribution >= 4 is 55.3 Å². The van der Waals surface area contributed by atoms with Gasteiger partial charge in [-0.2, -0.15) is 0 Å². The summed E-state index contributed by atoms with van der Waals surface area (Å²) < 4.78 is 8.56. The standard InChI is InChI=1S/C30H18ClNO/c31-19-16-17-25-28(18-19)33-27-15-7-11-22(29(25)27)24-13-6-12-23-21-10-4-5-14-26(21)32(30(23)24)20-8-2-1-3-9-20/h1-18H. The largest absolute Gasteiger partial charge is 0.456 e. The fraction of sp³-hybridized carbons (Fsp3) is 0. The second kappa shape index (κ2) is 6.99. The Morgan fingerprint density at radius 2 is 1.33 bits per heavy atom. The minimum atomic E-state index is 0.675. The summed E-state index contributed by atoms with van der Waals surface area (Å²) in [6.45, 7) is 0. The summed E-state index contributed by atoms with van der Waals surface area (Å²) in [5.41, 5.74) is 7.54. The van der Waals surface area contributed by atoms with Crippen LogP contribution in [0.25, 0.3) is 60.6 Å². The molecule has 2 aromatic heterocycles. The van der Waals surface area contributed by atoms with E-state index in [9.17, 15) is 0 Å². The van der Waals surface area contributed by atoms with E-state index in [2.05, 4.69) is 95.6 Å². The minimum absolute atomic E-state index is 0.675. The normalized spacial score (nSPS) is 11.8. The van der Waals surface area contributed by atoms with E-state index in [1.54, 1.807) is 0 Å². The number of benzene rings is 5. The molecule has 0 N–H and O–H groups in total. The molecular weight excluding hydrogens is 426 g/mol. The maximum absolute atomic E-state index is 6.25. The summed E-state index contributed by atoms with van der Waals surface area (Å²) in [6, 6.07) is 37.9. The summed E-state index contributed by atoms with van der Waals surface area (Å²) in [7, 11) is 0. The Labute approximate surface area is 195 Å². The zero-order valence-electron chi connectivity index (χ0n) is 17.6. The Morgan fingerprint density at radius 1 is 0.576 bits per heavy atom. The summed E-state index contributed by atoms with van der Waals surface area (Å²) >= 11 is 6.25. The highest BCUT2D eigenvalue weighted by Crippen LogP contribution is 2.42. The summed E-state index contributed by atoms with van der Waals surface area (Å²) in [5, 5.41) is 5.34. The molecule has 2 heterocycles. The van der Waals surface area contributed by atoms with Gasteiger partial charge in [0, 0.05) is 43.9 Å². The Bertz CT molecular complexity index is 1830. The lowest BCUT2D eigenvalue weighted by Crippen LogP contribution is -1.95. The lowest BCUT2D eigenvalue weighted by Gasteiger charge is -2.12. The average molecular weight is 444 g/mol. The highest BCUT2D eigenvalue weighted by Gasteiger charge is 2.19. The third-order valence-corrected chi connectivity index (χ3v) is 6.69. The molecule has 0 bridgehead atoms. The maximum atomic E-state index is 6.25. The number of aromatic nitrogens is 1. The van der Waals surface area contributed by atoms with Gasteiger partial charge in [-0.15, -0.1) is 0 Å². The molecule has 0 aliphatic carbocycles. The topological polar surface area (TPSA) is 18.1 Å². The van der Waals surface area contributed by atoms with E-state index in [4.69, 9.17) is 16.0 Å². The van der Waals surface area contributed by atoms with Gasteiger partial charge in [-0.1, -0.05) is 78.3 Å². The lowest BCUT2D eigenvalue weighted by molar-refractivity contribution is 0.669. The molecule has 5 aromatic carbocycles. The average Bonchev–Trinajstić information content (AvgIpc) is 3.39. The van der Waals surface area contributed by atoms with E-state index in [0.29, 0.717) is 5.02 Å². The molecule has 0 spiro atoms. The summed E-state index contributed by atoms with van der Waals surface area (Å²) in [4.78, 5) is 0. The molecule has 0 fully saturated rings. The first kappa shape index (κ1) is 18.6. The zero-order valence-corrected chi connectivity index (χ0v) is 18.4. The van der Waals surface area contributed by atoms with Crippen LogP contribution in [0.4, 0.5) is 0 Å². The van der Waals surface area contributed by atoms with Crippen LogP contribution in [-0.2, 0) is 0 Å². The highest BCUT2D eigenvalue weighted by atomic mass is 35.5. The van der Waals surface area contributed by atoms with Crippen molar-refractivity contribution in [1.82, 2.24) is 4.57 Å². The van der Waals surface area contributed by atoms with Gasteiger partial charge in [0.1, 0.15) is 11.2 Å². The SMILES string of the molecule is Clc1ccc2c(c1)oc1cccc(-c3cccc4c5ccccc5n(-c5ccccc5)c34)c12. The van der Waals surface area contributed by atoms with Gasteiger partial charge in [0.25, 0.3) is 0 Å². The van der Waals surface area contributed by atoms with E-state index in [-0.39, 0.29) is 0 Å². The quantitative estimate of drug-likeness (QED) is 0.260. The summed E-state index contributed by atoms with van der Waals surface area (Å²) in [6.07, 6.45) is 0. The van der Waals surface area contributed by atoms with E-state index < -0.39 is 0 Å². The van der Waals surface area contributed by atoms with Crippen molar-refractivity contribution in [1.29, 1.82) is 0 Å². The van der Waals surface area contributed by atoms with Crippen LogP contribution >= 0.6 is 11.6 Å². The van der Waals surface area contributed by atoms with Gasteiger partial charge < -0.3 is 8.98 Å². The fourth-order valence-electron chi connectivity index (χ4n) is 5.11. The number of hydrogen-bond donors (Lipinski definition) is 0. The summed E-state index contributed by atoms with van der Waals surface area (Å²) in [5.74, 6) is 0. The Hall–Kier alpha value is -4.01. The van der Waals surface area contributed by atoms with Crippen LogP contribution in [0.1, 0.15) is 0 Å². The number of furan rings is 1. The van der Waals surface area contributed by atoms with Gasteiger partial charge in [-0.25, -0.2) is 0 Å². The number of halogens is 1. The second-order valence-electron chi connectivity index (χ2n) is 8.31. The van der Waals surface area contributed by atoms with E-state index in [0.717, 1.165) is 33.2 Å². The van der Waals surface area contributed by atoms with Crippen LogP contribution in [0, 0.1) is 0 Å². The molecule has 0 aliphatic rings. The van der Waals surface area contributed by atoms with Crippen LogP contribution in [-0.4, -0.2) is 4.57 Å². The molecule has 7 aromatic rings. The molecule has 156 valence electrons. The third kappa shape index (κ3) is 2.68. The lowest BCUT2D eigenvalue weighted by atomic mass is 9.97. The predicted molar refractivity (Wildman–Crippen MR) is 139 cm³/mol. The van der Waals surface area contributed by atoms with Gasteiger partial charge in [0.15, 0.2) is 0 Å². The van der Waals surface area contributed by atoms with E-state index in [1.807, 2.05) is 18.2 Å². The van der Waals surface area contributed by atoms with Gasteiger partial charge in [-0.05, 0) is 42.0 Å². The minimum Gasteiger partial charge on any atom is -0.456 e. The molecule has 0 radical (unpaired) electrons. The Morgan fingerprint density at radius 3 is 2.24 bits per heavy atom. The highest BCUT2D eigenvalue weighted by molar-refractivity contribution is 6.31. The number of hydrogen-bond acceptors (Lipinski definition) is 1. The molecular formula is C30H18ClNO. The molecule has 0 saturated heterocycles. The van der Waals surface area contributed by atoms with Crippen LogP contribution in [0.2, 0.25) is 5.02 Å². The van der Waals surface area contributed by atoms with Gasteiger partial charge in [0.2, 0.25) is 0 Å². The van der Waals surface area contributed by atoms with Crippen molar-refractivity contribution < 1.29 is 4.42 Å². The first-order valence-corrected chi connectivity index (χ1v) is 11.4. The van der Waals surface area contributed by atoms with Crippen molar-refractivity contribution in [2.24, 2.45) is 0 Å². The molecule has 0 amide bonds. The number of rotatable bonds is 2. The monoisotopic (exact) mass is 443 g/mol. The van der Waals surface area contributed by atoms with Crippen molar-refractivity contribution in [3.05, 3.63) is 114 Å². The smallest absolute Gasteiger partial charge is 0.136 e. The molecule has 0 aliphatic heterocycles. The maximum Gasteiger partial charge on any atom is 0.136 e. The molecule has 2 nitrogen and oxygen atoms in total.